The van der Waals surface area contributed by atoms with Gasteiger partial charge in [-0.2, -0.15) is 0 Å². The van der Waals surface area contributed by atoms with Crippen LogP contribution in [0.2, 0.25) is 16.6 Å². The molecular weight excluding hydrogens is 527 g/mol. The Morgan fingerprint density at radius 2 is 0.762 bits per heavy atom. The van der Waals surface area contributed by atoms with E-state index in [0.29, 0.717) is 34.1 Å². The van der Waals surface area contributed by atoms with Crippen molar-refractivity contribution in [2.45, 2.75) is 58.2 Å². The predicted octanol–water partition coefficient (Wildman–Crippen LogP) is 9.16. The largest absolute Gasteiger partial charge is 0.208 e. The zero-order valence-corrected chi connectivity index (χ0v) is 26.5. The highest BCUT2D eigenvalue weighted by Gasteiger charge is 2.44. The summed E-state index contributed by atoms with van der Waals surface area (Å²) in [5.74, 6) is 8.68. The van der Waals surface area contributed by atoms with Gasteiger partial charge in [0.05, 0.1) is 8.07 Å². The van der Waals surface area contributed by atoms with Crippen LogP contribution in [0.4, 0.5) is 0 Å². The molecule has 0 N–H and O–H groups in total. The SMILES string of the molecule is CC(C)[Si](c1ccc(C#Cc2ccc(-c3nc(-c4ccccc4)nc(-c4ccccc4)n3)cc2)cc1)(C(C)C)C(C)C. The molecule has 0 bridgehead atoms. The Hall–Kier alpha value is -4.33. The van der Waals surface area contributed by atoms with E-state index in [0.717, 1.165) is 27.8 Å². The standard InChI is InChI=1S/C38H39N3Si/c1-27(2)42(28(3)4,29(5)6)35-25-21-31(22-26-35)18-17-30-19-23-34(24-20-30)38-40-36(32-13-9-7-10-14-32)39-37(41-38)33-15-11-8-12-16-33/h7-16,19-29H,1-6H3. The van der Waals surface area contributed by atoms with Crippen molar-refractivity contribution in [1.82, 2.24) is 15.0 Å². The summed E-state index contributed by atoms with van der Waals surface area (Å²) in [7, 11) is -1.67. The molecule has 0 unspecified atom stereocenters. The summed E-state index contributed by atoms with van der Waals surface area (Å²) in [6.45, 7) is 14.4. The molecule has 0 aliphatic heterocycles. The number of hydrogen-bond acceptors (Lipinski definition) is 3. The van der Waals surface area contributed by atoms with Crippen LogP contribution in [0.25, 0.3) is 34.2 Å². The summed E-state index contributed by atoms with van der Waals surface area (Å²) in [5, 5.41) is 1.54. The van der Waals surface area contributed by atoms with Crippen molar-refractivity contribution in [2.75, 3.05) is 0 Å². The molecule has 0 saturated heterocycles. The Labute approximate surface area is 252 Å². The lowest BCUT2D eigenvalue weighted by Crippen LogP contribution is -2.55. The van der Waals surface area contributed by atoms with E-state index < -0.39 is 8.07 Å². The van der Waals surface area contributed by atoms with Crippen molar-refractivity contribution < 1.29 is 0 Å². The normalized spacial score (nSPS) is 11.5. The van der Waals surface area contributed by atoms with E-state index in [1.807, 2.05) is 84.9 Å². The first-order chi connectivity index (χ1) is 20.3. The molecule has 4 aromatic carbocycles. The fourth-order valence-corrected chi connectivity index (χ4v) is 13.4. The smallest absolute Gasteiger partial charge is 0.164 e. The van der Waals surface area contributed by atoms with Crippen LogP contribution in [0.3, 0.4) is 0 Å². The summed E-state index contributed by atoms with van der Waals surface area (Å²) in [4.78, 5) is 14.5. The van der Waals surface area contributed by atoms with Crippen molar-refractivity contribution in [2.24, 2.45) is 0 Å². The molecule has 5 aromatic rings. The predicted molar refractivity (Wildman–Crippen MR) is 179 cm³/mol. The Morgan fingerprint density at radius 3 is 1.12 bits per heavy atom. The van der Waals surface area contributed by atoms with E-state index in [2.05, 4.69) is 77.6 Å². The fraction of sp³-hybridized carbons (Fsp3) is 0.237. The van der Waals surface area contributed by atoms with Gasteiger partial charge in [0.2, 0.25) is 0 Å². The summed E-state index contributed by atoms with van der Waals surface area (Å²) >= 11 is 0. The maximum absolute atomic E-state index is 4.83. The molecule has 0 amide bonds. The van der Waals surface area contributed by atoms with Crippen molar-refractivity contribution in [1.29, 1.82) is 0 Å². The minimum Gasteiger partial charge on any atom is -0.208 e. The van der Waals surface area contributed by atoms with Crippen molar-refractivity contribution in [3.05, 3.63) is 120 Å². The maximum atomic E-state index is 4.83. The van der Waals surface area contributed by atoms with Crippen LogP contribution in [0.1, 0.15) is 52.7 Å². The average Bonchev–Trinajstić information content (AvgIpc) is 3.01. The third kappa shape index (κ3) is 5.98. The molecule has 42 heavy (non-hydrogen) atoms. The molecule has 1 heterocycles. The molecule has 210 valence electrons. The lowest BCUT2D eigenvalue weighted by atomic mass is 10.1. The highest BCUT2D eigenvalue weighted by atomic mass is 28.3. The average molecular weight is 566 g/mol. The second kappa shape index (κ2) is 12.7. The van der Waals surface area contributed by atoms with Gasteiger partial charge in [-0.15, -0.1) is 0 Å². The molecule has 0 saturated carbocycles. The quantitative estimate of drug-likeness (QED) is 0.146. The topological polar surface area (TPSA) is 38.7 Å². The third-order valence-corrected chi connectivity index (χ3v) is 15.5. The molecule has 3 nitrogen and oxygen atoms in total. The van der Waals surface area contributed by atoms with E-state index in [-0.39, 0.29) is 0 Å². The van der Waals surface area contributed by atoms with E-state index in [9.17, 15) is 0 Å². The molecule has 4 heteroatoms. The fourth-order valence-electron chi connectivity index (χ4n) is 6.63. The van der Waals surface area contributed by atoms with Gasteiger partial charge in [-0.25, -0.2) is 15.0 Å². The molecule has 0 aliphatic carbocycles. The number of rotatable bonds is 7. The van der Waals surface area contributed by atoms with Gasteiger partial charge in [-0.3, -0.25) is 0 Å². The highest BCUT2D eigenvalue weighted by molar-refractivity contribution is 6.95. The van der Waals surface area contributed by atoms with E-state index >= 15 is 0 Å². The second-order valence-electron chi connectivity index (χ2n) is 11.8. The Balaban J connectivity index is 1.42. The van der Waals surface area contributed by atoms with Gasteiger partial charge in [0, 0.05) is 27.8 Å². The molecule has 0 spiro atoms. The molecule has 0 aliphatic rings. The van der Waals surface area contributed by atoms with Gasteiger partial charge < -0.3 is 0 Å². The molecule has 1 aromatic heterocycles. The van der Waals surface area contributed by atoms with Crippen LogP contribution >= 0.6 is 0 Å². The highest BCUT2D eigenvalue weighted by Crippen LogP contribution is 2.41. The van der Waals surface area contributed by atoms with Crippen LogP contribution in [0, 0.1) is 11.8 Å². The monoisotopic (exact) mass is 565 g/mol. The Bertz CT molecular complexity index is 1600. The third-order valence-electron chi connectivity index (χ3n) is 8.44. The lowest BCUT2D eigenvalue weighted by Gasteiger charge is -2.43. The molecule has 0 radical (unpaired) electrons. The van der Waals surface area contributed by atoms with Crippen molar-refractivity contribution >= 4 is 13.3 Å². The molecule has 0 fully saturated rings. The van der Waals surface area contributed by atoms with E-state index in [4.69, 9.17) is 15.0 Å². The Kier molecular flexibility index (Phi) is 8.80. The number of benzene rings is 4. The first-order valence-corrected chi connectivity index (χ1v) is 17.1. The van der Waals surface area contributed by atoms with Crippen LogP contribution in [-0.2, 0) is 0 Å². The van der Waals surface area contributed by atoms with Crippen LogP contribution in [0.15, 0.2) is 109 Å². The number of nitrogens with zero attached hydrogens (tertiary/aromatic N) is 3. The first-order valence-electron chi connectivity index (χ1n) is 14.9. The molecule has 5 rings (SSSR count). The summed E-state index contributed by atoms with van der Waals surface area (Å²) < 4.78 is 0. The number of aromatic nitrogens is 3. The zero-order valence-electron chi connectivity index (χ0n) is 25.5. The van der Waals surface area contributed by atoms with Gasteiger partial charge in [0.1, 0.15) is 0 Å². The van der Waals surface area contributed by atoms with Gasteiger partial charge >= 0.3 is 0 Å². The van der Waals surface area contributed by atoms with Crippen LogP contribution in [0.5, 0.6) is 0 Å². The van der Waals surface area contributed by atoms with E-state index in [1.54, 1.807) is 5.19 Å². The van der Waals surface area contributed by atoms with Crippen LogP contribution < -0.4 is 5.19 Å². The van der Waals surface area contributed by atoms with E-state index in [1.165, 1.54) is 0 Å². The zero-order chi connectivity index (χ0) is 29.7. The summed E-state index contributed by atoms with van der Waals surface area (Å²) in [6.07, 6.45) is 0. The maximum Gasteiger partial charge on any atom is 0.164 e. The molecule has 0 atom stereocenters. The molecular formula is C38H39N3Si. The summed E-state index contributed by atoms with van der Waals surface area (Å²) in [5.41, 5.74) is 6.90. The lowest BCUT2D eigenvalue weighted by molar-refractivity contribution is 0.835. The van der Waals surface area contributed by atoms with Gasteiger partial charge in [-0.1, -0.05) is 131 Å². The van der Waals surface area contributed by atoms with Gasteiger partial charge in [0.15, 0.2) is 17.5 Å². The minimum absolute atomic E-state index is 0.644. The van der Waals surface area contributed by atoms with Gasteiger partial charge in [-0.05, 0) is 53.0 Å². The van der Waals surface area contributed by atoms with Gasteiger partial charge in [0.25, 0.3) is 0 Å². The first kappa shape index (κ1) is 29.2. The second-order valence-corrected chi connectivity index (χ2v) is 17.7. The van der Waals surface area contributed by atoms with Crippen LogP contribution in [-0.4, -0.2) is 23.0 Å². The Morgan fingerprint density at radius 1 is 0.429 bits per heavy atom. The minimum atomic E-state index is -1.67. The van der Waals surface area contributed by atoms with Crippen molar-refractivity contribution in [3.8, 4) is 46.0 Å². The number of hydrogen-bond donors (Lipinski definition) is 0. The van der Waals surface area contributed by atoms with Crippen molar-refractivity contribution in [3.63, 3.8) is 0 Å². The summed E-state index contributed by atoms with van der Waals surface area (Å²) in [6, 6.07) is 37.3.